The number of ether oxygens (including phenoxy) is 2. The maximum Gasteiger partial charge on any atom is 0.338 e. The molecule has 0 aromatic heterocycles. The third-order valence-corrected chi connectivity index (χ3v) is 6.93. The molecular formula is C21H22ClFN2O6S. The van der Waals surface area contributed by atoms with E-state index >= 15 is 0 Å². The van der Waals surface area contributed by atoms with Crippen LogP contribution in [0.15, 0.2) is 47.4 Å². The largest absolute Gasteiger partial charge is 0.452 e. The Balaban J connectivity index is 1.70. The van der Waals surface area contributed by atoms with Crippen LogP contribution in [-0.4, -0.2) is 56.5 Å². The van der Waals surface area contributed by atoms with Crippen molar-refractivity contribution in [2.45, 2.75) is 31.0 Å². The summed E-state index contributed by atoms with van der Waals surface area (Å²) in [5, 5.41) is 2.35. The van der Waals surface area contributed by atoms with Crippen molar-refractivity contribution in [2.24, 2.45) is 0 Å². The van der Waals surface area contributed by atoms with E-state index in [0.717, 1.165) is 12.1 Å². The molecule has 2 aromatic carbocycles. The van der Waals surface area contributed by atoms with Crippen molar-refractivity contribution < 1.29 is 31.9 Å². The first-order valence-electron chi connectivity index (χ1n) is 9.74. The number of hydrogen-bond donors (Lipinski definition) is 1. The molecule has 1 saturated heterocycles. The first-order valence-corrected chi connectivity index (χ1v) is 11.6. The van der Waals surface area contributed by atoms with Gasteiger partial charge in [0.25, 0.3) is 5.91 Å². The molecule has 2 unspecified atom stereocenters. The molecule has 1 amide bonds. The van der Waals surface area contributed by atoms with Gasteiger partial charge in [0.05, 0.1) is 22.8 Å². The van der Waals surface area contributed by atoms with Crippen molar-refractivity contribution in [1.29, 1.82) is 0 Å². The summed E-state index contributed by atoms with van der Waals surface area (Å²) in [6, 6.07) is 8.94. The lowest BCUT2D eigenvalue weighted by molar-refractivity contribution is -0.119. The molecule has 8 nitrogen and oxygen atoms in total. The van der Waals surface area contributed by atoms with E-state index < -0.39 is 34.3 Å². The molecule has 32 heavy (non-hydrogen) atoms. The van der Waals surface area contributed by atoms with Gasteiger partial charge in [0.1, 0.15) is 10.7 Å². The van der Waals surface area contributed by atoms with E-state index in [2.05, 4.69) is 5.32 Å². The zero-order valence-electron chi connectivity index (χ0n) is 17.4. The number of anilines is 1. The van der Waals surface area contributed by atoms with E-state index in [1.807, 2.05) is 0 Å². The molecular weight excluding hydrogens is 463 g/mol. The standard InChI is InChI=1S/C21H22ClFN2O6S/c1-13-10-25(11-14(2)31-13)32(28,29)19-8-15(6-7-18(19)22)21(27)30-12-20(26)24-17-5-3-4-16(23)9-17/h3-9,13-14H,10-12H2,1-2H3,(H,24,26). The molecule has 1 fully saturated rings. The van der Waals surface area contributed by atoms with Crippen molar-refractivity contribution in [3.8, 4) is 0 Å². The fourth-order valence-corrected chi connectivity index (χ4v) is 5.36. The molecule has 0 radical (unpaired) electrons. The van der Waals surface area contributed by atoms with E-state index in [1.54, 1.807) is 13.8 Å². The lowest BCUT2D eigenvalue weighted by Gasteiger charge is -2.34. The highest BCUT2D eigenvalue weighted by atomic mass is 35.5. The van der Waals surface area contributed by atoms with Crippen LogP contribution in [0.3, 0.4) is 0 Å². The maximum atomic E-state index is 13.2. The normalized spacial score (nSPS) is 19.4. The summed E-state index contributed by atoms with van der Waals surface area (Å²) < 4.78 is 51.2. The predicted molar refractivity (Wildman–Crippen MR) is 116 cm³/mol. The van der Waals surface area contributed by atoms with Gasteiger partial charge in [0.15, 0.2) is 6.61 Å². The molecule has 1 aliphatic heterocycles. The average Bonchev–Trinajstić information content (AvgIpc) is 2.71. The number of rotatable bonds is 6. The summed E-state index contributed by atoms with van der Waals surface area (Å²) >= 11 is 6.12. The van der Waals surface area contributed by atoms with Crippen LogP contribution >= 0.6 is 11.6 Å². The fraction of sp³-hybridized carbons (Fsp3) is 0.333. The highest BCUT2D eigenvalue weighted by Crippen LogP contribution is 2.28. The third-order valence-electron chi connectivity index (χ3n) is 4.61. The number of halogens is 2. The predicted octanol–water partition coefficient (Wildman–Crippen LogP) is 3.07. The fourth-order valence-electron chi connectivity index (χ4n) is 3.27. The lowest BCUT2D eigenvalue weighted by atomic mass is 10.2. The van der Waals surface area contributed by atoms with Crippen molar-refractivity contribution >= 4 is 39.2 Å². The second-order valence-corrected chi connectivity index (χ2v) is 9.67. The third kappa shape index (κ3) is 5.83. The van der Waals surface area contributed by atoms with Gasteiger partial charge >= 0.3 is 5.97 Å². The number of carbonyl (C=O) groups is 2. The molecule has 0 saturated carbocycles. The number of sulfonamides is 1. The van der Waals surface area contributed by atoms with Gasteiger partial charge in [-0.3, -0.25) is 4.79 Å². The zero-order valence-corrected chi connectivity index (χ0v) is 19.0. The summed E-state index contributed by atoms with van der Waals surface area (Å²) in [4.78, 5) is 24.1. The van der Waals surface area contributed by atoms with Crippen LogP contribution in [0.4, 0.5) is 10.1 Å². The zero-order chi connectivity index (χ0) is 23.5. The second-order valence-electron chi connectivity index (χ2n) is 7.36. The number of benzene rings is 2. The molecule has 172 valence electrons. The second kappa shape index (κ2) is 9.95. The monoisotopic (exact) mass is 484 g/mol. The van der Waals surface area contributed by atoms with Crippen LogP contribution in [0.25, 0.3) is 0 Å². The highest BCUT2D eigenvalue weighted by molar-refractivity contribution is 7.89. The SMILES string of the molecule is CC1CN(S(=O)(=O)c2cc(C(=O)OCC(=O)Nc3cccc(F)c3)ccc2Cl)CC(C)O1. The number of amides is 1. The molecule has 3 rings (SSSR count). The van der Waals surface area contributed by atoms with Crippen molar-refractivity contribution in [2.75, 3.05) is 25.0 Å². The van der Waals surface area contributed by atoms with Gasteiger partial charge in [-0.2, -0.15) is 4.31 Å². The van der Waals surface area contributed by atoms with Crippen LogP contribution < -0.4 is 5.32 Å². The van der Waals surface area contributed by atoms with E-state index in [-0.39, 0.29) is 46.5 Å². The van der Waals surface area contributed by atoms with E-state index in [4.69, 9.17) is 21.1 Å². The number of hydrogen-bond acceptors (Lipinski definition) is 6. The molecule has 11 heteroatoms. The number of nitrogens with zero attached hydrogens (tertiary/aromatic N) is 1. The highest BCUT2D eigenvalue weighted by Gasteiger charge is 2.34. The molecule has 0 aliphatic carbocycles. The number of morpholine rings is 1. The van der Waals surface area contributed by atoms with Crippen molar-refractivity contribution in [3.05, 3.63) is 58.9 Å². The lowest BCUT2D eigenvalue weighted by Crippen LogP contribution is -2.48. The van der Waals surface area contributed by atoms with Gasteiger partial charge in [-0.1, -0.05) is 17.7 Å². The molecule has 1 N–H and O–H groups in total. The smallest absolute Gasteiger partial charge is 0.338 e. The minimum atomic E-state index is -3.99. The van der Waals surface area contributed by atoms with Crippen LogP contribution in [0, 0.1) is 5.82 Å². The van der Waals surface area contributed by atoms with Gasteiger partial charge in [-0.05, 0) is 50.2 Å². The number of carbonyl (C=O) groups excluding carboxylic acids is 2. The number of nitrogens with one attached hydrogen (secondary N) is 1. The number of esters is 1. The van der Waals surface area contributed by atoms with Gasteiger partial charge in [-0.15, -0.1) is 0 Å². The Morgan fingerprint density at radius 2 is 1.88 bits per heavy atom. The van der Waals surface area contributed by atoms with E-state index in [1.165, 1.54) is 34.6 Å². The van der Waals surface area contributed by atoms with E-state index in [0.29, 0.717) is 0 Å². The Kier molecular flexibility index (Phi) is 7.50. The molecule has 0 spiro atoms. The summed E-state index contributed by atoms with van der Waals surface area (Å²) in [5.74, 6) is -2.11. The van der Waals surface area contributed by atoms with E-state index in [9.17, 15) is 22.4 Å². The van der Waals surface area contributed by atoms with Crippen LogP contribution in [0.2, 0.25) is 5.02 Å². The minimum Gasteiger partial charge on any atom is -0.452 e. The van der Waals surface area contributed by atoms with Gasteiger partial charge in [0, 0.05) is 18.8 Å². The summed E-state index contributed by atoms with van der Waals surface area (Å²) in [5.41, 5.74) is 0.126. The van der Waals surface area contributed by atoms with Crippen molar-refractivity contribution in [3.63, 3.8) is 0 Å². The average molecular weight is 485 g/mol. The summed E-state index contributed by atoms with van der Waals surface area (Å²) in [6.07, 6.45) is -0.589. The Labute approximate surface area is 190 Å². The Bertz CT molecular complexity index is 1120. The Hall–Kier alpha value is -2.53. The summed E-state index contributed by atoms with van der Waals surface area (Å²) in [6.45, 7) is 3.19. The molecule has 1 aliphatic rings. The Morgan fingerprint density at radius 1 is 1.19 bits per heavy atom. The minimum absolute atomic E-state index is 0.0443. The van der Waals surface area contributed by atoms with Gasteiger partial charge in [-0.25, -0.2) is 17.6 Å². The Morgan fingerprint density at radius 3 is 2.53 bits per heavy atom. The van der Waals surface area contributed by atoms with Gasteiger partial charge in [0.2, 0.25) is 10.0 Å². The van der Waals surface area contributed by atoms with Gasteiger partial charge < -0.3 is 14.8 Å². The maximum absolute atomic E-state index is 13.2. The quantitative estimate of drug-likeness (QED) is 0.632. The molecule has 2 atom stereocenters. The first kappa shape index (κ1) is 24.1. The van der Waals surface area contributed by atoms with Crippen LogP contribution in [0.1, 0.15) is 24.2 Å². The molecule has 0 bridgehead atoms. The summed E-state index contributed by atoms with van der Waals surface area (Å²) in [7, 11) is -3.99. The first-order chi connectivity index (χ1) is 15.1. The molecule has 1 heterocycles. The topological polar surface area (TPSA) is 102 Å². The van der Waals surface area contributed by atoms with Crippen LogP contribution in [0.5, 0.6) is 0 Å². The molecule has 2 aromatic rings. The van der Waals surface area contributed by atoms with Crippen molar-refractivity contribution in [1.82, 2.24) is 4.31 Å². The van der Waals surface area contributed by atoms with Crippen LogP contribution in [-0.2, 0) is 24.3 Å².